The summed E-state index contributed by atoms with van der Waals surface area (Å²) in [6.07, 6.45) is 0. The topological polar surface area (TPSA) is 226 Å². The van der Waals surface area contributed by atoms with Gasteiger partial charge in [-0.15, -0.1) is 0 Å². The van der Waals surface area contributed by atoms with E-state index in [1.807, 2.05) is 84.9 Å². The third-order valence-corrected chi connectivity index (χ3v) is 17.1. The molecule has 0 unspecified atom stereocenters. The molecule has 18 heteroatoms. The number of carbonyl (C=O) groups excluding carboxylic acids is 2. The molecule has 0 atom stereocenters. The maximum atomic E-state index is 13.6. The maximum absolute atomic E-state index is 13.6. The second-order valence-electron chi connectivity index (χ2n) is 23.3. The molecule has 9 aromatic carbocycles. The molecule has 450 valence electrons. The van der Waals surface area contributed by atoms with Crippen LogP contribution in [0.25, 0.3) is 89.7 Å². The molecular formula is C74H60N14O4. The lowest BCUT2D eigenvalue weighted by atomic mass is 10.1. The van der Waals surface area contributed by atoms with Gasteiger partial charge < -0.3 is 60.4 Å². The summed E-state index contributed by atoms with van der Waals surface area (Å²) in [5.74, 6) is 16.4. The van der Waals surface area contributed by atoms with Crippen LogP contribution in [0.15, 0.2) is 182 Å². The summed E-state index contributed by atoms with van der Waals surface area (Å²) in [6.45, 7) is 7.15. The van der Waals surface area contributed by atoms with Crippen molar-refractivity contribution in [2.75, 3.05) is 86.9 Å². The number of hydrogen-bond donors (Lipinski definition) is 8. The Morgan fingerprint density at radius 3 is 1.14 bits per heavy atom. The highest BCUT2D eigenvalue weighted by Gasteiger charge is 2.23. The zero-order chi connectivity index (χ0) is 62.4. The number of piperazine rings is 2. The van der Waals surface area contributed by atoms with Gasteiger partial charge in [-0.2, -0.15) is 0 Å². The number of benzene rings is 9. The van der Waals surface area contributed by atoms with Gasteiger partial charge in [0.15, 0.2) is 0 Å². The van der Waals surface area contributed by atoms with E-state index in [-0.39, 0.29) is 23.3 Å². The molecule has 0 radical (unpaired) electrons. The fraction of sp³-hybridized carbons (Fsp3) is 0.135. The van der Waals surface area contributed by atoms with Gasteiger partial charge in [-0.1, -0.05) is 23.7 Å². The quantitative estimate of drug-likeness (QED) is 0.0599. The normalized spacial score (nSPS) is 13.7. The number of nitrogens with one attached hydrogen (secondary N) is 6. The Labute approximate surface area is 528 Å². The minimum Gasteiger partial charge on any atom is -0.508 e. The van der Waals surface area contributed by atoms with Crippen molar-refractivity contribution >= 4 is 78.7 Å². The van der Waals surface area contributed by atoms with E-state index in [0.717, 1.165) is 152 Å². The average Bonchev–Trinajstić information content (AvgIpc) is 1.63. The highest BCUT2D eigenvalue weighted by Crippen LogP contribution is 2.35. The number of amides is 2. The molecule has 13 aromatic rings. The summed E-state index contributed by atoms with van der Waals surface area (Å²) in [6, 6.07) is 55.8. The number of likely N-dealkylation sites (N-methyl/N-ethyl adjacent to an activating group) is 2. The minimum absolute atomic E-state index is 0.199. The molecule has 0 saturated carbocycles. The molecule has 6 heterocycles. The Morgan fingerprint density at radius 1 is 0.391 bits per heavy atom. The van der Waals surface area contributed by atoms with Crippen molar-refractivity contribution in [1.82, 2.24) is 49.7 Å². The molecule has 15 rings (SSSR count). The number of phenolic OH excluding ortho intramolecular Hbond substituents is 2. The fourth-order valence-corrected chi connectivity index (χ4v) is 11.8. The van der Waals surface area contributed by atoms with Crippen LogP contribution in [0.5, 0.6) is 11.5 Å². The molecule has 2 aliphatic heterocycles. The van der Waals surface area contributed by atoms with Gasteiger partial charge in [0, 0.05) is 108 Å². The van der Waals surface area contributed by atoms with Crippen LogP contribution in [0.3, 0.4) is 0 Å². The molecule has 0 aliphatic carbocycles. The minimum atomic E-state index is -0.284. The average molecular weight is 1210 g/mol. The van der Waals surface area contributed by atoms with E-state index < -0.39 is 0 Å². The van der Waals surface area contributed by atoms with E-state index in [1.165, 1.54) is 0 Å². The first kappa shape index (κ1) is 56.5. The number of imidazole rings is 4. The van der Waals surface area contributed by atoms with Gasteiger partial charge in [0.1, 0.15) is 45.8 Å². The lowest BCUT2D eigenvalue weighted by Crippen LogP contribution is -2.44. The highest BCUT2D eigenvalue weighted by atomic mass is 16.3. The third-order valence-electron chi connectivity index (χ3n) is 17.1. The molecule has 2 amide bonds. The fourth-order valence-electron chi connectivity index (χ4n) is 11.8. The predicted octanol–water partition coefficient (Wildman–Crippen LogP) is 12.1. The summed E-state index contributed by atoms with van der Waals surface area (Å²) >= 11 is 0. The number of hydrogen-bond acceptors (Lipinski definition) is 12. The third kappa shape index (κ3) is 11.6. The Hall–Kier alpha value is -12.0. The SMILES string of the molecule is CN1CCN(c2ccc3[nH]c(-c4ccc5nc(-c6ccc(O)cc6)[nH]c5c4)nc3c2C#Cc2ccc(C(=O)Nc3ccc(NC(=O)c4ccc(C#Cc5c(N6CCN(C)CC6)ccc6[nH]c(-c7ccc8nc(-c9ccc(O)cc9)[nH]c8c7)nc56)cc4)cc3)cc2)CC1. The van der Waals surface area contributed by atoms with Crippen LogP contribution in [0.4, 0.5) is 22.7 Å². The molecule has 0 bridgehead atoms. The standard InChI is InChI=1S/C74H60N14O4/c1-85-35-39-87(40-36-85)65-33-31-61-67(83-71(79-61)51-17-29-59-63(43-51)81-69(77-59)47-13-23-55(89)24-14-47)57(65)27-7-45-3-9-49(10-4-45)73(91)75-53-19-21-54(22-20-53)76-74(92)50-11-5-46(6-12-50)8-28-58-66(88-41-37-86(2)38-42-88)34-32-62-68(58)84-72(80-62)52-18-30-60-64(44-52)82-70(78-60)48-15-25-56(90)26-16-48/h3-6,9-26,29-34,43-44,89-90H,35-42H2,1-2H3,(H,75,91)(H,76,92)(H,77,81)(H,78,82)(H,79,83)(H,80,84). The lowest BCUT2D eigenvalue weighted by Gasteiger charge is -2.34. The molecule has 92 heavy (non-hydrogen) atoms. The summed E-state index contributed by atoms with van der Waals surface area (Å²) in [4.78, 5) is 70.4. The molecule has 2 aliphatic rings. The van der Waals surface area contributed by atoms with Crippen molar-refractivity contribution in [1.29, 1.82) is 0 Å². The number of aromatic nitrogens is 8. The Balaban J connectivity index is 0.610. The number of carbonyl (C=O) groups is 2. The molecule has 8 N–H and O–H groups in total. The number of H-pyrrole nitrogens is 4. The van der Waals surface area contributed by atoms with Gasteiger partial charge in [0.25, 0.3) is 11.8 Å². The number of aromatic hydroxyl groups is 2. The van der Waals surface area contributed by atoms with Crippen molar-refractivity contribution in [3.8, 4) is 80.7 Å². The Morgan fingerprint density at radius 2 is 0.750 bits per heavy atom. The molecule has 2 fully saturated rings. The van der Waals surface area contributed by atoms with Crippen LogP contribution >= 0.6 is 0 Å². The summed E-state index contributed by atoms with van der Waals surface area (Å²) in [7, 11) is 4.28. The number of fused-ring (bicyclic) bond motifs is 4. The maximum Gasteiger partial charge on any atom is 0.255 e. The van der Waals surface area contributed by atoms with Crippen molar-refractivity contribution in [3.05, 3.63) is 215 Å². The number of nitrogens with zero attached hydrogens (tertiary/aromatic N) is 8. The van der Waals surface area contributed by atoms with Gasteiger partial charge >= 0.3 is 0 Å². The first-order valence-electron chi connectivity index (χ1n) is 30.4. The summed E-state index contributed by atoms with van der Waals surface area (Å²) < 4.78 is 0. The van der Waals surface area contributed by atoms with Gasteiger partial charge in [-0.05, 0) is 196 Å². The van der Waals surface area contributed by atoms with E-state index in [4.69, 9.17) is 19.9 Å². The van der Waals surface area contributed by atoms with E-state index in [0.29, 0.717) is 45.8 Å². The molecule has 0 spiro atoms. The van der Waals surface area contributed by atoms with E-state index in [1.54, 1.807) is 72.8 Å². The number of phenols is 2. The van der Waals surface area contributed by atoms with Gasteiger partial charge in [-0.3, -0.25) is 9.59 Å². The summed E-state index contributed by atoms with van der Waals surface area (Å²) in [5, 5.41) is 25.6. The smallest absolute Gasteiger partial charge is 0.255 e. The van der Waals surface area contributed by atoms with Crippen molar-refractivity contribution in [2.45, 2.75) is 0 Å². The van der Waals surface area contributed by atoms with Crippen LogP contribution in [0.1, 0.15) is 43.0 Å². The van der Waals surface area contributed by atoms with Crippen molar-refractivity contribution < 1.29 is 19.8 Å². The highest BCUT2D eigenvalue weighted by molar-refractivity contribution is 6.06. The van der Waals surface area contributed by atoms with Crippen LogP contribution in [-0.2, 0) is 0 Å². The first-order chi connectivity index (χ1) is 44.9. The molecule has 4 aromatic heterocycles. The Bertz CT molecular complexity index is 4780. The Kier molecular flexibility index (Phi) is 14.7. The monoisotopic (exact) mass is 1210 g/mol. The van der Waals surface area contributed by atoms with Crippen LogP contribution in [0, 0.1) is 23.7 Å². The second kappa shape index (κ2) is 23.9. The largest absolute Gasteiger partial charge is 0.508 e. The number of anilines is 4. The lowest BCUT2D eigenvalue weighted by molar-refractivity contribution is 0.101. The van der Waals surface area contributed by atoms with Crippen LogP contribution in [-0.4, -0.2) is 138 Å². The van der Waals surface area contributed by atoms with Crippen molar-refractivity contribution in [2.24, 2.45) is 0 Å². The van der Waals surface area contributed by atoms with Crippen LogP contribution < -0.4 is 20.4 Å². The van der Waals surface area contributed by atoms with Gasteiger partial charge in [0.05, 0.1) is 55.6 Å². The molecule has 18 nitrogen and oxygen atoms in total. The van der Waals surface area contributed by atoms with Gasteiger partial charge in [-0.25, -0.2) is 19.9 Å². The van der Waals surface area contributed by atoms with E-state index >= 15 is 0 Å². The molecular weight excluding hydrogens is 1150 g/mol. The second-order valence-corrected chi connectivity index (χ2v) is 23.3. The number of rotatable bonds is 10. The van der Waals surface area contributed by atoms with Crippen molar-refractivity contribution in [3.63, 3.8) is 0 Å². The number of aromatic amines is 4. The van der Waals surface area contributed by atoms with Gasteiger partial charge in [0.2, 0.25) is 0 Å². The van der Waals surface area contributed by atoms with E-state index in [9.17, 15) is 19.8 Å². The summed E-state index contributed by atoms with van der Waals surface area (Å²) in [5.41, 5.74) is 17.4. The van der Waals surface area contributed by atoms with E-state index in [2.05, 4.69) is 112 Å². The predicted molar refractivity (Wildman–Crippen MR) is 363 cm³/mol. The van der Waals surface area contributed by atoms with Crippen LogP contribution in [0.2, 0.25) is 0 Å². The zero-order valence-electron chi connectivity index (χ0n) is 50.3. The first-order valence-corrected chi connectivity index (χ1v) is 30.4. The zero-order valence-corrected chi connectivity index (χ0v) is 50.3. The molecule has 2 saturated heterocycles.